The maximum absolute atomic E-state index is 12.1. The lowest BCUT2D eigenvalue weighted by atomic mass is 10.1. The summed E-state index contributed by atoms with van der Waals surface area (Å²) in [7, 11) is -3.02. The highest BCUT2D eigenvalue weighted by Crippen LogP contribution is 2.18. The summed E-state index contributed by atoms with van der Waals surface area (Å²) in [6.45, 7) is 9.18. The maximum atomic E-state index is 12.1. The predicted octanol–water partition coefficient (Wildman–Crippen LogP) is 1.03. The number of ether oxygens (including phenoxy) is 1. The van der Waals surface area contributed by atoms with Gasteiger partial charge in [-0.15, -0.1) is 0 Å². The molecule has 1 aliphatic heterocycles. The Morgan fingerprint density at radius 3 is 2.35 bits per heavy atom. The predicted molar refractivity (Wildman–Crippen MR) is 82.6 cm³/mol. The third-order valence-electron chi connectivity index (χ3n) is 3.85. The molecule has 20 heavy (non-hydrogen) atoms. The largest absolute Gasteiger partial charge is 0.378 e. The molecule has 0 amide bonds. The van der Waals surface area contributed by atoms with Gasteiger partial charge < -0.3 is 15.4 Å². The van der Waals surface area contributed by atoms with Gasteiger partial charge >= 0.3 is 0 Å². The number of nitrogens with two attached hydrogens (primary N) is 1. The van der Waals surface area contributed by atoms with Crippen molar-refractivity contribution < 1.29 is 13.2 Å². The van der Waals surface area contributed by atoms with Crippen LogP contribution in [0.4, 0.5) is 0 Å². The number of likely N-dealkylation sites (tertiary alicyclic amines) is 1. The maximum Gasteiger partial charge on any atom is 0.156 e. The smallest absolute Gasteiger partial charge is 0.156 e. The molecule has 0 aliphatic carbocycles. The molecule has 0 spiro atoms. The Kier molecular flexibility index (Phi) is 6.91. The van der Waals surface area contributed by atoms with E-state index in [0.717, 1.165) is 39.0 Å². The zero-order valence-corrected chi connectivity index (χ0v) is 13.9. The summed E-state index contributed by atoms with van der Waals surface area (Å²) in [5, 5.41) is 0. The van der Waals surface area contributed by atoms with E-state index in [1.54, 1.807) is 20.8 Å². The summed E-state index contributed by atoms with van der Waals surface area (Å²) in [5.41, 5.74) is 5.44. The van der Waals surface area contributed by atoms with Gasteiger partial charge in [-0.25, -0.2) is 8.42 Å². The zero-order chi connectivity index (χ0) is 15.2. The second kappa shape index (κ2) is 7.73. The van der Waals surface area contributed by atoms with Gasteiger partial charge in [0.2, 0.25) is 0 Å². The average Bonchev–Trinajstić information content (AvgIpc) is 2.37. The second-order valence-corrected chi connectivity index (χ2v) is 9.35. The van der Waals surface area contributed by atoms with Crippen LogP contribution in [0.15, 0.2) is 0 Å². The van der Waals surface area contributed by atoms with Gasteiger partial charge in [0.05, 0.1) is 16.6 Å². The molecule has 1 saturated heterocycles. The van der Waals surface area contributed by atoms with E-state index < -0.39 is 14.6 Å². The summed E-state index contributed by atoms with van der Waals surface area (Å²) in [6.07, 6.45) is 3.20. The van der Waals surface area contributed by atoms with Crippen molar-refractivity contribution in [2.24, 2.45) is 5.73 Å². The van der Waals surface area contributed by atoms with Gasteiger partial charge in [-0.05, 0) is 46.6 Å². The van der Waals surface area contributed by atoms with E-state index in [1.165, 1.54) is 0 Å². The number of sulfone groups is 1. The Morgan fingerprint density at radius 2 is 1.85 bits per heavy atom. The number of hydrogen-bond donors (Lipinski definition) is 1. The van der Waals surface area contributed by atoms with Crippen molar-refractivity contribution in [3.05, 3.63) is 0 Å². The first-order valence-electron chi connectivity index (χ1n) is 7.52. The van der Waals surface area contributed by atoms with E-state index in [1.807, 2.05) is 0 Å². The minimum atomic E-state index is -3.02. The molecule has 1 aliphatic rings. The van der Waals surface area contributed by atoms with Crippen LogP contribution in [0.5, 0.6) is 0 Å². The Labute approximate surface area is 123 Å². The molecule has 6 heteroatoms. The number of nitrogens with zero attached hydrogens (tertiary/aromatic N) is 1. The number of rotatable bonds is 7. The lowest BCUT2D eigenvalue weighted by molar-refractivity contribution is 0.00847. The van der Waals surface area contributed by atoms with Crippen molar-refractivity contribution in [3.63, 3.8) is 0 Å². The van der Waals surface area contributed by atoms with Crippen LogP contribution >= 0.6 is 0 Å². The van der Waals surface area contributed by atoms with Gasteiger partial charge in [0, 0.05) is 26.2 Å². The molecule has 1 rings (SSSR count). The molecule has 120 valence electrons. The Morgan fingerprint density at radius 1 is 1.25 bits per heavy atom. The molecule has 0 radical (unpaired) electrons. The summed E-state index contributed by atoms with van der Waals surface area (Å²) >= 11 is 0. The van der Waals surface area contributed by atoms with Crippen molar-refractivity contribution in [1.82, 2.24) is 4.90 Å². The summed E-state index contributed by atoms with van der Waals surface area (Å²) in [4.78, 5) is 2.23. The minimum Gasteiger partial charge on any atom is -0.378 e. The molecule has 0 saturated carbocycles. The van der Waals surface area contributed by atoms with E-state index in [2.05, 4.69) is 4.90 Å². The van der Waals surface area contributed by atoms with Gasteiger partial charge in [-0.2, -0.15) is 0 Å². The normalized spacial score (nSPS) is 19.4. The van der Waals surface area contributed by atoms with Gasteiger partial charge in [0.25, 0.3) is 0 Å². The van der Waals surface area contributed by atoms with Crippen LogP contribution in [0.3, 0.4) is 0 Å². The molecule has 0 unspecified atom stereocenters. The highest BCUT2D eigenvalue weighted by Gasteiger charge is 2.29. The molecule has 1 heterocycles. The van der Waals surface area contributed by atoms with Crippen LogP contribution in [0.25, 0.3) is 0 Å². The van der Waals surface area contributed by atoms with Gasteiger partial charge in [0.15, 0.2) is 9.84 Å². The van der Waals surface area contributed by atoms with Crippen LogP contribution in [0, 0.1) is 0 Å². The lowest BCUT2D eigenvalue weighted by Gasteiger charge is -2.32. The molecule has 0 aromatic carbocycles. The fourth-order valence-electron chi connectivity index (χ4n) is 2.19. The van der Waals surface area contributed by atoms with E-state index in [9.17, 15) is 8.42 Å². The van der Waals surface area contributed by atoms with Crippen molar-refractivity contribution >= 4 is 9.84 Å². The second-order valence-electron chi connectivity index (χ2n) is 6.49. The first kappa shape index (κ1) is 17.9. The highest BCUT2D eigenvalue weighted by molar-refractivity contribution is 7.92. The van der Waals surface area contributed by atoms with Crippen LogP contribution in [-0.4, -0.2) is 62.7 Å². The molecule has 5 nitrogen and oxygen atoms in total. The SMILES string of the molecule is CC(C)(C)S(=O)(=O)CCN1CCC(OCCCN)CC1. The van der Waals surface area contributed by atoms with Crippen molar-refractivity contribution in [2.75, 3.05) is 38.5 Å². The monoisotopic (exact) mass is 306 g/mol. The van der Waals surface area contributed by atoms with Gasteiger partial charge in [-0.1, -0.05) is 0 Å². The summed E-state index contributed by atoms with van der Waals surface area (Å²) in [5.74, 6) is 0.245. The summed E-state index contributed by atoms with van der Waals surface area (Å²) in [6, 6.07) is 0. The molecule has 0 aromatic rings. The molecule has 0 aromatic heterocycles. The third-order valence-corrected chi connectivity index (χ3v) is 6.43. The Balaban J connectivity index is 2.26. The molecule has 0 bridgehead atoms. The van der Waals surface area contributed by atoms with E-state index in [4.69, 9.17) is 10.5 Å². The van der Waals surface area contributed by atoms with Crippen LogP contribution in [-0.2, 0) is 14.6 Å². The molecule has 2 N–H and O–H groups in total. The highest BCUT2D eigenvalue weighted by atomic mass is 32.2. The van der Waals surface area contributed by atoms with E-state index in [0.29, 0.717) is 19.2 Å². The molecular weight excluding hydrogens is 276 g/mol. The van der Waals surface area contributed by atoms with E-state index >= 15 is 0 Å². The minimum absolute atomic E-state index is 0.245. The first-order chi connectivity index (χ1) is 9.26. The van der Waals surface area contributed by atoms with E-state index in [-0.39, 0.29) is 5.75 Å². The van der Waals surface area contributed by atoms with Crippen molar-refractivity contribution in [1.29, 1.82) is 0 Å². The molecular formula is C14H30N2O3S. The molecule has 1 fully saturated rings. The first-order valence-corrected chi connectivity index (χ1v) is 9.18. The van der Waals surface area contributed by atoms with Crippen molar-refractivity contribution in [2.45, 2.75) is 50.9 Å². The number of piperidine rings is 1. The average molecular weight is 306 g/mol. The molecule has 0 atom stereocenters. The fraction of sp³-hybridized carbons (Fsp3) is 1.00. The lowest BCUT2D eigenvalue weighted by Crippen LogP contribution is -2.41. The van der Waals surface area contributed by atoms with Crippen LogP contribution in [0.1, 0.15) is 40.0 Å². The quantitative estimate of drug-likeness (QED) is 0.711. The van der Waals surface area contributed by atoms with Gasteiger partial charge in [0.1, 0.15) is 0 Å². The standard InChI is InChI=1S/C14H30N2O3S/c1-14(2,3)20(17,18)12-10-16-8-5-13(6-9-16)19-11-4-7-15/h13H,4-12,15H2,1-3H3. The Hall–Kier alpha value is -0.170. The topological polar surface area (TPSA) is 72.6 Å². The zero-order valence-electron chi connectivity index (χ0n) is 13.1. The number of hydrogen-bond acceptors (Lipinski definition) is 5. The van der Waals surface area contributed by atoms with Crippen LogP contribution < -0.4 is 5.73 Å². The third kappa shape index (κ3) is 5.68. The van der Waals surface area contributed by atoms with Gasteiger partial charge in [-0.3, -0.25) is 0 Å². The van der Waals surface area contributed by atoms with Crippen molar-refractivity contribution in [3.8, 4) is 0 Å². The summed E-state index contributed by atoms with van der Waals surface area (Å²) < 4.78 is 29.2. The van der Waals surface area contributed by atoms with Crippen LogP contribution in [0.2, 0.25) is 0 Å². The Bertz CT molecular complexity index is 368. The fourth-order valence-corrected chi connectivity index (χ4v) is 3.30.